The molecule has 0 fully saturated rings. The fourth-order valence-electron chi connectivity index (χ4n) is 1.67. The molecule has 3 N–H and O–H groups in total. The van der Waals surface area contributed by atoms with E-state index in [0.717, 1.165) is 22.8 Å². The first-order chi connectivity index (χ1) is 8.63. The number of nitrogen functional groups attached to an aromatic ring is 1. The molecular formula is C15H18N2O. The van der Waals surface area contributed by atoms with Gasteiger partial charge in [-0.25, -0.2) is 0 Å². The van der Waals surface area contributed by atoms with Crippen molar-refractivity contribution in [3.05, 3.63) is 48.5 Å². The van der Waals surface area contributed by atoms with Gasteiger partial charge in [-0.3, -0.25) is 0 Å². The van der Waals surface area contributed by atoms with Gasteiger partial charge in [-0.1, -0.05) is 6.07 Å². The largest absolute Gasteiger partial charge is 0.491 e. The molecule has 0 bridgehead atoms. The maximum Gasteiger partial charge on any atom is 0.119 e. The second-order valence-corrected chi connectivity index (χ2v) is 4.44. The van der Waals surface area contributed by atoms with Crippen molar-refractivity contribution in [2.24, 2.45) is 0 Å². The molecule has 3 heteroatoms. The zero-order valence-electron chi connectivity index (χ0n) is 10.7. The molecule has 2 aromatic rings. The van der Waals surface area contributed by atoms with E-state index in [0.29, 0.717) is 0 Å². The van der Waals surface area contributed by atoms with Crippen molar-refractivity contribution < 1.29 is 4.74 Å². The zero-order chi connectivity index (χ0) is 13.0. The predicted octanol–water partition coefficient (Wildman–Crippen LogP) is 3.80. The molecule has 0 aliphatic rings. The van der Waals surface area contributed by atoms with Crippen LogP contribution in [0.25, 0.3) is 0 Å². The van der Waals surface area contributed by atoms with Gasteiger partial charge in [-0.15, -0.1) is 0 Å². The van der Waals surface area contributed by atoms with Crippen LogP contribution >= 0.6 is 0 Å². The van der Waals surface area contributed by atoms with Crippen LogP contribution in [0.4, 0.5) is 17.1 Å². The molecule has 18 heavy (non-hydrogen) atoms. The summed E-state index contributed by atoms with van der Waals surface area (Å²) >= 11 is 0. The van der Waals surface area contributed by atoms with E-state index in [1.807, 2.05) is 62.4 Å². The highest BCUT2D eigenvalue weighted by atomic mass is 16.5. The molecule has 0 heterocycles. The third kappa shape index (κ3) is 3.42. The Balaban J connectivity index is 2.06. The van der Waals surface area contributed by atoms with Gasteiger partial charge in [0.2, 0.25) is 0 Å². The summed E-state index contributed by atoms with van der Waals surface area (Å²) in [5.74, 6) is 0.878. The summed E-state index contributed by atoms with van der Waals surface area (Å²) < 4.78 is 5.59. The quantitative estimate of drug-likeness (QED) is 0.802. The second kappa shape index (κ2) is 5.45. The van der Waals surface area contributed by atoms with Crippen molar-refractivity contribution in [1.29, 1.82) is 0 Å². The third-order valence-electron chi connectivity index (χ3n) is 2.40. The maximum atomic E-state index is 5.73. The van der Waals surface area contributed by atoms with E-state index in [4.69, 9.17) is 10.5 Å². The highest BCUT2D eigenvalue weighted by molar-refractivity contribution is 5.63. The number of nitrogens with two attached hydrogens (primary N) is 1. The maximum absolute atomic E-state index is 5.73. The average Bonchev–Trinajstić information content (AvgIpc) is 2.31. The zero-order valence-corrected chi connectivity index (χ0v) is 10.7. The molecule has 0 aliphatic carbocycles. The van der Waals surface area contributed by atoms with E-state index in [1.54, 1.807) is 0 Å². The van der Waals surface area contributed by atoms with E-state index < -0.39 is 0 Å². The standard InChI is InChI=1S/C15H18N2O/c1-11(2)18-15-8-6-13(7-9-15)17-14-5-3-4-12(16)10-14/h3-11,17H,16H2,1-2H3. The van der Waals surface area contributed by atoms with Crippen LogP contribution in [0.2, 0.25) is 0 Å². The number of benzene rings is 2. The van der Waals surface area contributed by atoms with Gasteiger partial charge in [0.25, 0.3) is 0 Å². The minimum atomic E-state index is 0.192. The Hall–Kier alpha value is -2.16. The fourth-order valence-corrected chi connectivity index (χ4v) is 1.67. The first kappa shape index (κ1) is 12.3. The fraction of sp³-hybridized carbons (Fsp3) is 0.200. The van der Waals surface area contributed by atoms with E-state index in [9.17, 15) is 0 Å². The first-order valence-corrected chi connectivity index (χ1v) is 6.03. The van der Waals surface area contributed by atoms with Crippen LogP contribution in [0.15, 0.2) is 48.5 Å². The Morgan fingerprint density at radius 2 is 1.72 bits per heavy atom. The average molecular weight is 242 g/mol. The van der Waals surface area contributed by atoms with Gasteiger partial charge in [-0.2, -0.15) is 0 Å². The van der Waals surface area contributed by atoms with Crippen LogP contribution in [0.5, 0.6) is 5.75 Å². The van der Waals surface area contributed by atoms with Crippen LogP contribution < -0.4 is 15.8 Å². The molecule has 3 nitrogen and oxygen atoms in total. The van der Waals surface area contributed by atoms with Crippen molar-refractivity contribution in [3.63, 3.8) is 0 Å². The topological polar surface area (TPSA) is 47.3 Å². The minimum Gasteiger partial charge on any atom is -0.491 e. The normalized spacial score (nSPS) is 10.4. The van der Waals surface area contributed by atoms with E-state index in [1.165, 1.54) is 0 Å². The Morgan fingerprint density at radius 1 is 1.00 bits per heavy atom. The molecule has 0 atom stereocenters. The van der Waals surface area contributed by atoms with Gasteiger partial charge in [-0.05, 0) is 56.3 Å². The first-order valence-electron chi connectivity index (χ1n) is 6.03. The molecule has 2 rings (SSSR count). The SMILES string of the molecule is CC(C)Oc1ccc(Nc2cccc(N)c2)cc1. The molecule has 0 aliphatic heterocycles. The molecule has 94 valence electrons. The molecule has 0 unspecified atom stereocenters. The number of anilines is 3. The highest BCUT2D eigenvalue weighted by Crippen LogP contribution is 2.21. The van der Waals surface area contributed by atoms with Gasteiger partial charge in [0.05, 0.1) is 6.10 Å². The van der Waals surface area contributed by atoms with Crippen molar-refractivity contribution in [1.82, 2.24) is 0 Å². The molecule has 0 saturated heterocycles. The molecule has 0 spiro atoms. The molecule has 2 aromatic carbocycles. The van der Waals surface area contributed by atoms with Gasteiger partial charge in [0.15, 0.2) is 0 Å². The Kier molecular flexibility index (Phi) is 3.72. The molecule has 0 saturated carbocycles. The minimum absolute atomic E-state index is 0.192. The second-order valence-electron chi connectivity index (χ2n) is 4.44. The van der Waals surface area contributed by atoms with Crippen molar-refractivity contribution in [2.45, 2.75) is 20.0 Å². The van der Waals surface area contributed by atoms with Crippen molar-refractivity contribution in [2.75, 3.05) is 11.1 Å². The van der Waals surface area contributed by atoms with Gasteiger partial charge >= 0.3 is 0 Å². The molecular weight excluding hydrogens is 224 g/mol. The van der Waals surface area contributed by atoms with Gasteiger partial charge in [0.1, 0.15) is 5.75 Å². The number of rotatable bonds is 4. The highest BCUT2D eigenvalue weighted by Gasteiger charge is 1.99. The molecule has 0 amide bonds. The summed E-state index contributed by atoms with van der Waals surface area (Å²) in [6.07, 6.45) is 0.192. The lowest BCUT2D eigenvalue weighted by molar-refractivity contribution is 0.242. The van der Waals surface area contributed by atoms with Crippen LogP contribution in [-0.4, -0.2) is 6.10 Å². The summed E-state index contributed by atoms with van der Waals surface area (Å²) in [7, 11) is 0. The third-order valence-corrected chi connectivity index (χ3v) is 2.40. The summed E-state index contributed by atoms with van der Waals surface area (Å²) in [6.45, 7) is 4.03. The monoisotopic (exact) mass is 242 g/mol. The summed E-state index contributed by atoms with van der Waals surface area (Å²) in [5.41, 5.74) is 8.47. The van der Waals surface area contributed by atoms with E-state index in [2.05, 4.69) is 5.32 Å². The number of ether oxygens (including phenoxy) is 1. The predicted molar refractivity (Wildman–Crippen MR) is 76.3 cm³/mol. The van der Waals surface area contributed by atoms with Crippen LogP contribution in [0, 0.1) is 0 Å². The summed E-state index contributed by atoms with van der Waals surface area (Å²) in [5, 5.41) is 3.29. The number of hydrogen-bond acceptors (Lipinski definition) is 3. The Labute approximate surface area is 108 Å². The van der Waals surface area contributed by atoms with Crippen LogP contribution in [-0.2, 0) is 0 Å². The molecule has 0 radical (unpaired) electrons. The van der Waals surface area contributed by atoms with Crippen LogP contribution in [0.3, 0.4) is 0 Å². The molecule has 0 aromatic heterocycles. The smallest absolute Gasteiger partial charge is 0.119 e. The Morgan fingerprint density at radius 3 is 2.33 bits per heavy atom. The summed E-state index contributed by atoms with van der Waals surface area (Å²) in [4.78, 5) is 0. The lowest BCUT2D eigenvalue weighted by atomic mass is 10.2. The van der Waals surface area contributed by atoms with Gasteiger partial charge in [0, 0.05) is 17.1 Å². The van der Waals surface area contributed by atoms with Crippen molar-refractivity contribution >= 4 is 17.1 Å². The number of nitrogens with one attached hydrogen (secondary N) is 1. The lowest BCUT2D eigenvalue weighted by Gasteiger charge is -2.11. The Bertz CT molecular complexity index is 506. The van der Waals surface area contributed by atoms with Gasteiger partial charge < -0.3 is 15.8 Å². The lowest BCUT2D eigenvalue weighted by Crippen LogP contribution is -2.05. The number of hydrogen-bond donors (Lipinski definition) is 2. The van der Waals surface area contributed by atoms with Crippen molar-refractivity contribution in [3.8, 4) is 5.75 Å². The van der Waals surface area contributed by atoms with E-state index >= 15 is 0 Å². The van der Waals surface area contributed by atoms with Crippen LogP contribution in [0.1, 0.15) is 13.8 Å². The van der Waals surface area contributed by atoms with E-state index in [-0.39, 0.29) is 6.10 Å². The summed E-state index contributed by atoms with van der Waals surface area (Å²) in [6, 6.07) is 15.6.